The van der Waals surface area contributed by atoms with Crippen LogP contribution in [0.4, 0.5) is 0 Å². The van der Waals surface area contributed by atoms with Gasteiger partial charge in [-0.2, -0.15) is 10.2 Å². The van der Waals surface area contributed by atoms with Crippen LogP contribution >= 0.6 is 0 Å². The lowest BCUT2D eigenvalue weighted by molar-refractivity contribution is 0.0525. The molecule has 0 aliphatic heterocycles. The van der Waals surface area contributed by atoms with Crippen LogP contribution in [-0.2, 0) is 4.74 Å². The second-order valence-corrected chi connectivity index (χ2v) is 2.31. The van der Waals surface area contributed by atoms with E-state index in [0.717, 1.165) is 5.56 Å². The fourth-order valence-electron chi connectivity index (χ4n) is 0.805. The number of aromatic nitrogens is 2. The van der Waals surface area contributed by atoms with Crippen LogP contribution in [0.1, 0.15) is 22.8 Å². The summed E-state index contributed by atoms with van der Waals surface area (Å²) in [5, 5.41) is 7.23. The van der Waals surface area contributed by atoms with Crippen LogP contribution in [-0.4, -0.2) is 22.8 Å². The molecule has 0 fully saturated rings. The van der Waals surface area contributed by atoms with Crippen LogP contribution in [0.2, 0.25) is 0 Å². The third-order valence-electron chi connectivity index (χ3n) is 1.43. The standard InChI is InChI=1S/C8H10N2O2/c1-3-12-8(11)7-5-10-9-4-6(7)2/h4-5H,3H2,1-2H3. The van der Waals surface area contributed by atoms with E-state index in [1.54, 1.807) is 13.8 Å². The summed E-state index contributed by atoms with van der Waals surface area (Å²) < 4.78 is 4.80. The van der Waals surface area contributed by atoms with Gasteiger partial charge in [-0.25, -0.2) is 4.79 Å². The smallest absolute Gasteiger partial charge is 0.340 e. The molecule has 0 aliphatic carbocycles. The summed E-state index contributed by atoms with van der Waals surface area (Å²) >= 11 is 0. The van der Waals surface area contributed by atoms with Crippen molar-refractivity contribution in [3.8, 4) is 0 Å². The molecule has 64 valence electrons. The van der Waals surface area contributed by atoms with Gasteiger partial charge in [0.1, 0.15) is 0 Å². The van der Waals surface area contributed by atoms with Crippen molar-refractivity contribution in [1.29, 1.82) is 0 Å². The molecule has 0 N–H and O–H groups in total. The number of hydrogen-bond donors (Lipinski definition) is 0. The fraction of sp³-hybridized carbons (Fsp3) is 0.375. The van der Waals surface area contributed by atoms with Crippen LogP contribution < -0.4 is 0 Å². The first-order valence-corrected chi connectivity index (χ1v) is 3.70. The van der Waals surface area contributed by atoms with Gasteiger partial charge < -0.3 is 4.74 Å². The number of nitrogens with zero attached hydrogens (tertiary/aromatic N) is 2. The average Bonchev–Trinajstić information content (AvgIpc) is 2.05. The van der Waals surface area contributed by atoms with Gasteiger partial charge in [-0.3, -0.25) is 0 Å². The van der Waals surface area contributed by atoms with Crippen LogP contribution in [0.15, 0.2) is 12.4 Å². The molecule has 0 atom stereocenters. The zero-order valence-electron chi connectivity index (χ0n) is 7.07. The van der Waals surface area contributed by atoms with E-state index in [4.69, 9.17) is 4.74 Å². The zero-order chi connectivity index (χ0) is 8.97. The van der Waals surface area contributed by atoms with Gasteiger partial charge in [0.15, 0.2) is 0 Å². The van der Waals surface area contributed by atoms with E-state index in [1.165, 1.54) is 12.4 Å². The van der Waals surface area contributed by atoms with Gasteiger partial charge >= 0.3 is 5.97 Å². The second-order valence-electron chi connectivity index (χ2n) is 2.31. The number of esters is 1. The SMILES string of the molecule is CCOC(=O)c1cnncc1C. The summed E-state index contributed by atoms with van der Waals surface area (Å²) in [6.45, 7) is 3.93. The van der Waals surface area contributed by atoms with Crippen molar-refractivity contribution >= 4 is 5.97 Å². The molecule has 0 saturated heterocycles. The van der Waals surface area contributed by atoms with E-state index in [-0.39, 0.29) is 5.97 Å². The molecule has 0 aromatic carbocycles. The molecular formula is C8H10N2O2. The topological polar surface area (TPSA) is 52.1 Å². The highest BCUT2D eigenvalue weighted by Crippen LogP contribution is 2.04. The van der Waals surface area contributed by atoms with Gasteiger partial charge in [-0.15, -0.1) is 0 Å². The number of carbonyl (C=O) groups is 1. The van der Waals surface area contributed by atoms with Crippen molar-refractivity contribution in [2.45, 2.75) is 13.8 Å². The molecular weight excluding hydrogens is 156 g/mol. The summed E-state index contributed by atoms with van der Waals surface area (Å²) in [6, 6.07) is 0. The Kier molecular flexibility index (Phi) is 2.74. The Morgan fingerprint density at radius 2 is 2.17 bits per heavy atom. The first-order valence-electron chi connectivity index (χ1n) is 3.70. The van der Waals surface area contributed by atoms with Crippen LogP contribution in [0.3, 0.4) is 0 Å². The fourth-order valence-corrected chi connectivity index (χ4v) is 0.805. The maximum absolute atomic E-state index is 11.2. The maximum atomic E-state index is 11.2. The largest absolute Gasteiger partial charge is 0.462 e. The lowest BCUT2D eigenvalue weighted by atomic mass is 10.2. The minimum atomic E-state index is -0.343. The monoisotopic (exact) mass is 166 g/mol. The molecule has 0 amide bonds. The Hall–Kier alpha value is -1.45. The molecule has 1 aromatic heterocycles. The van der Waals surface area contributed by atoms with Crippen LogP contribution in [0, 0.1) is 6.92 Å². The molecule has 0 aliphatic rings. The van der Waals surface area contributed by atoms with E-state index in [2.05, 4.69) is 10.2 Å². The molecule has 1 rings (SSSR count). The van der Waals surface area contributed by atoms with E-state index < -0.39 is 0 Å². The Morgan fingerprint density at radius 1 is 1.50 bits per heavy atom. The Morgan fingerprint density at radius 3 is 2.75 bits per heavy atom. The van der Waals surface area contributed by atoms with Crippen molar-refractivity contribution in [2.24, 2.45) is 0 Å². The number of aryl methyl sites for hydroxylation is 1. The van der Waals surface area contributed by atoms with E-state index in [1.807, 2.05) is 0 Å². The summed E-state index contributed by atoms with van der Waals surface area (Å²) in [5.41, 5.74) is 1.26. The van der Waals surface area contributed by atoms with Gasteiger partial charge in [0.05, 0.1) is 24.6 Å². The number of ether oxygens (including phenoxy) is 1. The quantitative estimate of drug-likeness (QED) is 0.614. The van der Waals surface area contributed by atoms with Gasteiger partial charge in [0, 0.05) is 0 Å². The van der Waals surface area contributed by atoms with E-state index in [0.29, 0.717) is 12.2 Å². The molecule has 12 heavy (non-hydrogen) atoms. The number of hydrogen-bond acceptors (Lipinski definition) is 4. The van der Waals surface area contributed by atoms with Gasteiger partial charge in [-0.05, 0) is 19.4 Å². The molecule has 4 heteroatoms. The van der Waals surface area contributed by atoms with Gasteiger partial charge in [0.25, 0.3) is 0 Å². The first kappa shape index (κ1) is 8.64. The van der Waals surface area contributed by atoms with E-state index >= 15 is 0 Å². The molecule has 0 radical (unpaired) electrons. The highest BCUT2D eigenvalue weighted by Gasteiger charge is 2.08. The molecule has 1 heterocycles. The Balaban J connectivity index is 2.87. The normalized spacial score (nSPS) is 9.50. The van der Waals surface area contributed by atoms with Crippen molar-refractivity contribution < 1.29 is 9.53 Å². The van der Waals surface area contributed by atoms with Gasteiger partial charge in [0.2, 0.25) is 0 Å². The summed E-state index contributed by atoms with van der Waals surface area (Å²) in [4.78, 5) is 11.2. The third-order valence-corrected chi connectivity index (χ3v) is 1.43. The summed E-state index contributed by atoms with van der Waals surface area (Å²) in [6.07, 6.45) is 2.94. The van der Waals surface area contributed by atoms with Crippen molar-refractivity contribution in [3.05, 3.63) is 23.5 Å². The van der Waals surface area contributed by atoms with E-state index in [9.17, 15) is 4.79 Å². The molecule has 1 aromatic rings. The van der Waals surface area contributed by atoms with Crippen molar-refractivity contribution in [1.82, 2.24) is 10.2 Å². The first-order chi connectivity index (χ1) is 5.75. The summed E-state index contributed by atoms with van der Waals surface area (Å²) in [7, 11) is 0. The lowest BCUT2D eigenvalue weighted by Crippen LogP contribution is -2.07. The zero-order valence-corrected chi connectivity index (χ0v) is 7.07. The molecule has 4 nitrogen and oxygen atoms in total. The molecule has 0 saturated carbocycles. The molecule has 0 bridgehead atoms. The molecule has 0 unspecified atom stereocenters. The predicted octanol–water partition coefficient (Wildman–Crippen LogP) is 0.962. The van der Waals surface area contributed by atoms with Crippen LogP contribution in [0.25, 0.3) is 0 Å². The lowest BCUT2D eigenvalue weighted by Gasteiger charge is -2.02. The highest BCUT2D eigenvalue weighted by atomic mass is 16.5. The van der Waals surface area contributed by atoms with Crippen molar-refractivity contribution in [2.75, 3.05) is 6.61 Å². The van der Waals surface area contributed by atoms with Crippen LogP contribution in [0.5, 0.6) is 0 Å². The Labute approximate surface area is 70.6 Å². The third kappa shape index (κ3) is 1.78. The number of carbonyl (C=O) groups excluding carboxylic acids is 1. The second kappa shape index (κ2) is 3.80. The number of rotatable bonds is 2. The summed E-state index contributed by atoms with van der Waals surface area (Å²) in [5.74, 6) is -0.343. The van der Waals surface area contributed by atoms with Gasteiger partial charge in [-0.1, -0.05) is 0 Å². The minimum absolute atomic E-state index is 0.343. The highest BCUT2D eigenvalue weighted by molar-refractivity contribution is 5.90. The predicted molar refractivity (Wildman–Crippen MR) is 42.7 cm³/mol. The van der Waals surface area contributed by atoms with Crippen molar-refractivity contribution in [3.63, 3.8) is 0 Å². The Bertz CT molecular complexity index is 286. The maximum Gasteiger partial charge on any atom is 0.340 e. The average molecular weight is 166 g/mol. The molecule has 0 spiro atoms. The minimum Gasteiger partial charge on any atom is -0.462 e.